The van der Waals surface area contributed by atoms with Crippen LogP contribution in [0.3, 0.4) is 0 Å². The molecule has 3 aromatic rings. The molecule has 172 valence electrons. The minimum Gasteiger partial charge on any atom is -0.378 e. The van der Waals surface area contributed by atoms with Crippen molar-refractivity contribution >= 4 is 44.6 Å². The van der Waals surface area contributed by atoms with Crippen molar-refractivity contribution in [3.63, 3.8) is 0 Å². The van der Waals surface area contributed by atoms with E-state index >= 15 is 0 Å². The van der Waals surface area contributed by atoms with Gasteiger partial charge in [-0.05, 0) is 61.5 Å². The highest BCUT2D eigenvalue weighted by Gasteiger charge is 2.17. The van der Waals surface area contributed by atoms with Gasteiger partial charge < -0.3 is 15.0 Å². The number of carbonyl (C=O) groups is 1. The SMILES string of the molecule is Cc1ccc(S(=O)(=O)Nc2ccc(C(=O)Nc3ccc(N4CCOCC4)cc3)c(Cl)c2)cc1. The lowest BCUT2D eigenvalue weighted by atomic mass is 10.2. The Morgan fingerprint density at radius 1 is 0.939 bits per heavy atom. The monoisotopic (exact) mass is 485 g/mol. The van der Waals surface area contributed by atoms with Crippen LogP contribution in [0, 0.1) is 6.92 Å². The summed E-state index contributed by atoms with van der Waals surface area (Å²) in [7, 11) is -3.76. The van der Waals surface area contributed by atoms with Gasteiger partial charge in [-0.1, -0.05) is 29.3 Å². The van der Waals surface area contributed by atoms with Gasteiger partial charge in [0.15, 0.2) is 0 Å². The van der Waals surface area contributed by atoms with E-state index in [4.69, 9.17) is 16.3 Å². The molecule has 1 saturated heterocycles. The van der Waals surface area contributed by atoms with Crippen molar-refractivity contribution in [3.8, 4) is 0 Å². The van der Waals surface area contributed by atoms with Gasteiger partial charge in [0.1, 0.15) is 0 Å². The largest absolute Gasteiger partial charge is 0.378 e. The molecule has 0 spiro atoms. The number of hydrogen-bond donors (Lipinski definition) is 2. The predicted molar refractivity (Wildman–Crippen MR) is 131 cm³/mol. The first-order chi connectivity index (χ1) is 15.8. The van der Waals surface area contributed by atoms with Crippen LogP contribution in [0.5, 0.6) is 0 Å². The van der Waals surface area contributed by atoms with Gasteiger partial charge in [-0.25, -0.2) is 8.42 Å². The third-order valence-electron chi connectivity index (χ3n) is 5.30. The number of carbonyl (C=O) groups excluding carboxylic acids is 1. The second kappa shape index (κ2) is 9.82. The maximum absolute atomic E-state index is 12.7. The summed E-state index contributed by atoms with van der Waals surface area (Å²) in [4.78, 5) is 15.1. The Bertz CT molecular complexity index is 1240. The molecule has 1 heterocycles. The molecule has 7 nitrogen and oxygen atoms in total. The van der Waals surface area contributed by atoms with E-state index < -0.39 is 10.0 Å². The number of nitrogens with one attached hydrogen (secondary N) is 2. The van der Waals surface area contributed by atoms with Gasteiger partial charge in [0.2, 0.25) is 0 Å². The van der Waals surface area contributed by atoms with Crippen LogP contribution in [0.4, 0.5) is 17.1 Å². The Hall–Kier alpha value is -3.07. The highest BCUT2D eigenvalue weighted by Crippen LogP contribution is 2.25. The van der Waals surface area contributed by atoms with Gasteiger partial charge in [0.05, 0.1) is 34.4 Å². The molecule has 1 aliphatic heterocycles. The first-order valence-electron chi connectivity index (χ1n) is 10.4. The van der Waals surface area contributed by atoms with E-state index in [0.717, 1.165) is 24.3 Å². The van der Waals surface area contributed by atoms with Gasteiger partial charge in [-0.2, -0.15) is 0 Å². The fourth-order valence-corrected chi connectivity index (χ4v) is 4.79. The Labute approximate surface area is 198 Å². The molecule has 1 aliphatic rings. The van der Waals surface area contributed by atoms with E-state index in [1.54, 1.807) is 12.1 Å². The molecule has 1 fully saturated rings. The maximum Gasteiger partial charge on any atom is 0.261 e. The number of rotatable bonds is 6. The van der Waals surface area contributed by atoms with E-state index in [1.165, 1.54) is 30.3 Å². The zero-order valence-corrected chi connectivity index (χ0v) is 19.6. The summed E-state index contributed by atoms with van der Waals surface area (Å²) in [6.07, 6.45) is 0. The minimum atomic E-state index is -3.76. The molecular weight excluding hydrogens is 462 g/mol. The van der Waals surface area contributed by atoms with E-state index in [9.17, 15) is 13.2 Å². The average Bonchev–Trinajstić information content (AvgIpc) is 2.80. The minimum absolute atomic E-state index is 0.140. The van der Waals surface area contributed by atoms with Gasteiger partial charge >= 0.3 is 0 Å². The quantitative estimate of drug-likeness (QED) is 0.535. The number of sulfonamides is 1. The topological polar surface area (TPSA) is 87.7 Å². The van der Waals surface area contributed by atoms with Crippen LogP contribution in [0.1, 0.15) is 15.9 Å². The van der Waals surface area contributed by atoms with Crippen LogP contribution < -0.4 is 14.9 Å². The molecule has 3 aromatic carbocycles. The van der Waals surface area contributed by atoms with E-state index in [1.807, 2.05) is 31.2 Å². The summed E-state index contributed by atoms with van der Waals surface area (Å²) < 4.78 is 33.0. The zero-order chi connectivity index (χ0) is 23.4. The van der Waals surface area contributed by atoms with Crippen molar-refractivity contribution in [1.82, 2.24) is 0 Å². The summed E-state index contributed by atoms with van der Waals surface area (Å²) in [6, 6.07) is 18.5. The standard InChI is InChI=1S/C24H24ClN3O4S/c1-17-2-9-21(10-3-17)33(30,31)27-19-6-11-22(23(25)16-19)24(29)26-18-4-7-20(8-5-18)28-12-14-32-15-13-28/h2-11,16,27H,12-15H2,1H3,(H,26,29). The molecule has 0 saturated carbocycles. The van der Waals surface area contributed by atoms with Crippen LogP contribution >= 0.6 is 11.6 Å². The van der Waals surface area contributed by atoms with Gasteiger partial charge in [-0.15, -0.1) is 0 Å². The first kappa shape index (κ1) is 23.1. The molecule has 0 unspecified atom stereocenters. The lowest BCUT2D eigenvalue weighted by Crippen LogP contribution is -2.36. The third kappa shape index (κ3) is 5.65. The van der Waals surface area contributed by atoms with Crippen LogP contribution in [0.2, 0.25) is 5.02 Å². The highest BCUT2D eigenvalue weighted by molar-refractivity contribution is 7.92. The first-order valence-corrected chi connectivity index (χ1v) is 12.3. The average molecular weight is 486 g/mol. The molecule has 0 atom stereocenters. The second-order valence-corrected chi connectivity index (χ2v) is 9.80. The van der Waals surface area contributed by atoms with E-state index in [0.29, 0.717) is 18.9 Å². The smallest absolute Gasteiger partial charge is 0.261 e. The van der Waals surface area contributed by atoms with Crippen molar-refractivity contribution in [1.29, 1.82) is 0 Å². The molecule has 1 amide bonds. The van der Waals surface area contributed by atoms with Crippen molar-refractivity contribution in [3.05, 3.63) is 82.9 Å². The van der Waals surface area contributed by atoms with Crippen molar-refractivity contribution in [2.24, 2.45) is 0 Å². The second-order valence-electron chi connectivity index (χ2n) is 7.71. The Balaban J connectivity index is 1.43. The fraction of sp³-hybridized carbons (Fsp3) is 0.208. The number of nitrogens with zero attached hydrogens (tertiary/aromatic N) is 1. The number of anilines is 3. The van der Waals surface area contributed by atoms with Crippen LogP contribution in [-0.4, -0.2) is 40.6 Å². The molecule has 9 heteroatoms. The summed E-state index contributed by atoms with van der Waals surface area (Å²) in [6.45, 7) is 4.96. The van der Waals surface area contributed by atoms with Gasteiger partial charge in [-0.3, -0.25) is 9.52 Å². The van der Waals surface area contributed by atoms with Crippen LogP contribution in [0.15, 0.2) is 71.6 Å². The van der Waals surface area contributed by atoms with E-state index in [-0.39, 0.29) is 27.1 Å². The number of morpholine rings is 1. The Morgan fingerprint density at radius 2 is 1.58 bits per heavy atom. The molecular formula is C24H24ClN3O4S. The number of aryl methyl sites for hydroxylation is 1. The molecule has 0 radical (unpaired) electrons. The number of halogens is 1. The molecule has 0 bridgehead atoms. The zero-order valence-electron chi connectivity index (χ0n) is 18.0. The van der Waals surface area contributed by atoms with Gasteiger partial charge in [0, 0.05) is 24.5 Å². The Kier molecular flexibility index (Phi) is 6.88. The number of hydrogen-bond acceptors (Lipinski definition) is 5. The Morgan fingerprint density at radius 3 is 2.21 bits per heavy atom. The van der Waals surface area contributed by atoms with Crippen LogP contribution in [0.25, 0.3) is 0 Å². The van der Waals surface area contributed by atoms with Crippen LogP contribution in [-0.2, 0) is 14.8 Å². The van der Waals surface area contributed by atoms with E-state index in [2.05, 4.69) is 14.9 Å². The summed E-state index contributed by atoms with van der Waals surface area (Å²) in [5.74, 6) is -0.382. The maximum atomic E-state index is 12.7. The summed E-state index contributed by atoms with van der Waals surface area (Å²) >= 11 is 6.30. The summed E-state index contributed by atoms with van der Waals surface area (Å²) in [5, 5.41) is 2.96. The summed E-state index contributed by atoms with van der Waals surface area (Å²) in [5.41, 5.74) is 3.18. The normalized spacial score (nSPS) is 14.1. The lowest BCUT2D eigenvalue weighted by molar-refractivity contribution is 0.102. The van der Waals surface area contributed by atoms with Crippen molar-refractivity contribution in [2.45, 2.75) is 11.8 Å². The third-order valence-corrected chi connectivity index (χ3v) is 7.01. The lowest BCUT2D eigenvalue weighted by Gasteiger charge is -2.28. The molecule has 0 aliphatic carbocycles. The number of ether oxygens (including phenoxy) is 1. The molecule has 4 rings (SSSR count). The van der Waals surface area contributed by atoms with Crippen molar-refractivity contribution < 1.29 is 17.9 Å². The number of benzene rings is 3. The highest BCUT2D eigenvalue weighted by atomic mass is 35.5. The number of amides is 1. The molecule has 0 aromatic heterocycles. The van der Waals surface area contributed by atoms with Crippen molar-refractivity contribution in [2.75, 3.05) is 41.2 Å². The van der Waals surface area contributed by atoms with Gasteiger partial charge in [0.25, 0.3) is 15.9 Å². The fourth-order valence-electron chi connectivity index (χ4n) is 3.47. The predicted octanol–water partition coefficient (Wildman–Crippen LogP) is 4.54. The molecule has 2 N–H and O–H groups in total. The molecule has 33 heavy (non-hydrogen) atoms.